The van der Waals surface area contributed by atoms with Gasteiger partial charge in [0.15, 0.2) is 6.04 Å². The fourth-order valence-electron chi connectivity index (χ4n) is 1.74. The van der Waals surface area contributed by atoms with Crippen LogP contribution in [0.4, 0.5) is 0 Å². The van der Waals surface area contributed by atoms with Crippen LogP contribution in [-0.4, -0.2) is 44.0 Å². The van der Waals surface area contributed by atoms with Gasteiger partial charge in [-0.3, -0.25) is 9.48 Å². The molecule has 19 heavy (non-hydrogen) atoms. The number of aliphatic hydroxyl groups is 1. The van der Waals surface area contributed by atoms with E-state index in [9.17, 15) is 14.7 Å². The van der Waals surface area contributed by atoms with Crippen molar-refractivity contribution >= 4 is 11.9 Å². The molecule has 0 saturated heterocycles. The molecule has 0 aliphatic carbocycles. The van der Waals surface area contributed by atoms with Gasteiger partial charge in [-0.2, -0.15) is 5.10 Å². The molecule has 0 fully saturated rings. The number of rotatable bonds is 6. The average Bonchev–Trinajstić information content (AvgIpc) is 2.61. The lowest BCUT2D eigenvalue weighted by molar-refractivity contribution is -0.144. The molecule has 1 rings (SSSR count). The highest BCUT2D eigenvalue weighted by Gasteiger charge is 2.24. The van der Waals surface area contributed by atoms with Crippen LogP contribution in [0.15, 0.2) is 6.07 Å². The average molecular weight is 269 g/mol. The Labute approximate surface area is 111 Å². The van der Waals surface area contributed by atoms with Crippen LogP contribution in [0.3, 0.4) is 0 Å². The van der Waals surface area contributed by atoms with Crippen molar-refractivity contribution in [3.63, 3.8) is 0 Å². The van der Waals surface area contributed by atoms with Gasteiger partial charge in [0.2, 0.25) is 5.91 Å². The maximum absolute atomic E-state index is 11.6. The van der Waals surface area contributed by atoms with Crippen molar-refractivity contribution in [3.05, 3.63) is 17.5 Å². The summed E-state index contributed by atoms with van der Waals surface area (Å²) in [4.78, 5) is 22.4. The minimum atomic E-state index is -1.28. The molecule has 0 spiro atoms. The molecule has 7 heteroatoms. The molecule has 1 heterocycles. The minimum absolute atomic E-state index is 0.110. The molecule has 0 radical (unpaired) electrons. The SMILES string of the molecule is Cc1cc(C)n(CCC(=O)N[C@H](C(=O)O)[C@@H](C)O)n1. The summed E-state index contributed by atoms with van der Waals surface area (Å²) in [5.74, 6) is -1.68. The maximum atomic E-state index is 11.6. The van der Waals surface area contributed by atoms with E-state index < -0.39 is 24.0 Å². The summed E-state index contributed by atoms with van der Waals surface area (Å²) in [5, 5.41) is 24.6. The molecule has 1 amide bonds. The third kappa shape index (κ3) is 4.36. The summed E-state index contributed by atoms with van der Waals surface area (Å²) >= 11 is 0. The van der Waals surface area contributed by atoms with Crippen molar-refractivity contribution in [1.29, 1.82) is 0 Å². The Morgan fingerprint density at radius 2 is 2.11 bits per heavy atom. The van der Waals surface area contributed by atoms with E-state index in [1.165, 1.54) is 6.92 Å². The molecule has 0 aliphatic heterocycles. The lowest BCUT2D eigenvalue weighted by Gasteiger charge is -2.17. The first-order chi connectivity index (χ1) is 8.81. The van der Waals surface area contributed by atoms with Crippen LogP contribution in [0.25, 0.3) is 0 Å². The zero-order chi connectivity index (χ0) is 14.6. The number of nitrogens with one attached hydrogen (secondary N) is 1. The fraction of sp³-hybridized carbons (Fsp3) is 0.583. The normalized spacial score (nSPS) is 13.9. The van der Waals surface area contributed by atoms with Gasteiger partial charge in [-0.1, -0.05) is 0 Å². The molecule has 0 saturated carbocycles. The van der Waals surface area contributed by atoms with Gasteiger partial charge < -0.3 is 15.5 Å². The minimum Gasteiger partial charge on any atom is -0.480 e. The highest BCUT2D eigenvalue weighted by Crippen LogP contribution is 2.03. The molecular weight excluding hydrogens is 250 g/mol. The highest BCUT2D eigenvalue weighted by atomic mass is 16.4. The van der Waals surface area contributed by atoms with E-state index in [4.69, 9.17) is 5.11 Å². The maximum Gasteiger partial charge on any atom is 0.328 e. The third-order valence-electron chi connectivity index (χ3n) is 2.72. The van der Waals surface area contributed by atoms with Crippen molar-refractivity contribution in [2.45, 2.75) is 45.9 Å². The Hall–Kier alpha value is -1.89. The van der Waals surface area contributed by atoms with Crippen molar-refractivity contribution in [2.75, 3.05) is 0 Å². The standard InChI is InChI=1S/C12H19N3O4/c1-7-6-8(2)15(14-7)5-4-10(17)13-11(9(3)16)12(18)19/h6,9,11,16H,4-5H2,1-3H3,(H,13,17)(H,18,19)/t9-,11+/m1/s1. The predicted octanol–water partition coefficient (Wildman–Crippen LogP) is -0.160. The van der Waals surface area contributed by atoms with Crippen LogP contribution in [0.1, 0.15) is 24.7 Å². The number of hydrogen-bond acceptors (Lipinski definition) is 4. The third-order valence-corrected chi connectivity index (χ3v) is 2.72. The monoisotopic (exact) mass is 269 g/mol. The molecule has 1 aromatic rings. The Kier molecular flexibility index (Phi) is 5.05. The highest BCUT2D eigenvalue weighted by molar-refractivity contribution is 5.83. The van der Waals surface area contributed by atoms with Crippen LogP contribution in [0.5, 0.6) is 0 Å². The summed E-state index contributed by atoms with van der Waals surface area (Å²) in [6.07, 6.45) is -1.03. The largest absolute Gasteiger partial charge is 0.480 e. The Balaban J connectivity index is 2.52. The summed E-state index contributed by atoms with van der Waals surface area (Å²) in [6.45, 7) is 5.43. The Morgan fingerprint density at radius 3 is 2.53 bits per heavy atom. The molecule has 1 aromatic heterocycles. The number of aliphatic carboxylic acids is 1. The lowest BCUT2D eigenvalue weighted by Crippen LogP contribution is -2.47. The number of nitrogens with zero attached hydrogens (tertiary/aromatic N) is 2. The van der Waals surface area contributed by atoms with Crippen molar-refractivity contribution < 1.29 is 19.8 Å². The second-order valence-electron chi connectivity index (χ2n) is 4.52. The number of aliphatic hydroxyl groups excluding tert-OH is 1. The molecule has 7 nitrogen and oxygen atoms in total. The van der Waals surface area contributed by atoms with E-state index >= 15 is 0 Å². The van der Waals surface area contributed by atoms with Crippen LogP contribution < -0.4 is 5.32 Å². The number of carbonyl (C=O) groups excluding carboxylic acids is 1. The molecule has 0 aromatic carbocycles. The number of carbonyl (C=O) groups is 2. The molecular formula is C12H19N3O4. The van der Waals surface area contributed by atoms with Gasteiger partial charge >= 0.3 is 5.97 Å². The van der Waals surface area contributed by atoms with E-state index in [0.717, 1.165) is 11.4 Å². The van der Waals surface area contributed by atoms with Crippen LogP contribution in [0, 0.1) is 13.8 Å². The zero-order valence-electron chi connectivity index (χ0n) is 11.3. The number of carboxylic acid groups (broad SMARTS) is 1. The first-order valence-corrected chi connectivity index (χ1v) is 6.02. The molecule has 0 bridgehead atoms. The fourth-order valence-corrected chi connectivity index (χ4v) is 1.74. The number of hydrogen-bond donors (Lipinski definition) is 3. The van der Waals surface area contributed by atoms with Crippen LogP contribution >= 0.6 is 0 Å². The van der Waals surface area contributed by atoms with Gasteiger partial charge in [0, 0.05) is 18.7 Å². The lowest BCUT2D eigenvalue weighted by atomic mass is 10.2. The van der Waals surface area contributed by atoms with Gasteiger partial charge in [0.1, 0.15) is 0 Å². The number of amides is 1. The quantitative estimate of drug-likeness (QED) is 0.665. The summed E-state index contributed by atoms with van der Waals surface area (Å²) in [6, 6.07) is 0.612. The van der Waals surface area contributed by atoms with Gasteiger partial charge in [-0.15, -0.1) is 0 Å². The number of aromatic nitrogens is 2. The topological polar surface area (TPSA) is 104 Å². The molecule has 0 unspecified atom stereocenters. The molecule has 2 atom stereocenters. The molecule has 0 aliphatic rings. The van der Waals surface area contributed by atoms with Gasteiger partial charge in [-0.25, -0.2) is 4.79 Å². The molecule has 106 valence electrons. The van der Waals surface area contributed by atoms with Gasteiger partial charge in [-0.05, 0) is 26.8 Å². The van der Waals surface area contributed by atoms with E-state index in [2.05, 4.69) is 10.4 Å². The van der Waals surface area contributed by atoms with Crippen molar-refractivity contribution in [1.82, 2.24) is 15.1 Å². The second kappa shape index (κ2) is 6.33. The van der Waals surface area contributed by atoms with Gasteiger partial charge in [0.05, 0.1) is 11.8 Å². The Morgan fingerprint density at radius 1 is 1.47 bits per heavy atom. The zero-order valence-corrected chi connectivity index (χ0v) is 11.3. The predicted molar refractivity (Wildman–Crippen MR) is 67.6 cm³/mol. The summed E-state index contributed by atoms with van der Waals surface area (Å²) in [7, 11) is 0. The van der Waals surface area contributed by atoms with Crippen LogP contribution in [0.2, 0.25) is 0 Å². The van der Waals surface area contributed by atoms with E-state index in [1.807, 2.05) is 19.9 Å². The van der Waals surface area contributed by atoms with Gasteiger partial charge in [0.25, 0.3) is 0 Å². The van der Waals surface area contributed by atoms with E-state index in [1.54, 1.807) is 4.68 Å². The van der Waals surface area contributed by atoms with E-state index in [-0.39, 0.29) is 6.42 Å². The van der Waals surface area contributed by atoms with Crippen LogP contribution in [-0.2, 0) is 16.1 Å². The first-order valence-electron chi connectivity index (χ1n) is 6.02. The number of carboxylic acids is 1. The van der Waals surface area contributed by atoms with Crippen molar-refractivity contribution in [3.8, 4) is 0 Å². The smallest absolute Gasteiger partial charge is 0.328 e. The summed E-state index contributed by atoms with van der Waals surface area (Å²) in [5.41, 5.74) is 1.81. The molecule has 3 N–H and O–H groups in total. The summed E-state index contributed by atoms with van der Waals surface area (Å²) < 4.78 is 1.69. The van der Waals surface area contributed by atoms with E-state index in [0.29, 0.717) is 6.54 Å². The van der Waals surface area contributed by atoms with Crippen molar-refractivity contribution in [2.24, 2.45) is 0 Å². The number of aryl methyl sites for hydroxylation is 3. The second-order valence-corrected chi connectivity index (χ2v) is 4.52. The Bertz CT molecular complexity index is 468. The first kappa shape index (κ1) is 15.2.